The molecule has 0 radical (unpaired) electrons. The molecule has 0 atom stereocenters. The lowest BCUT2D eigenvalue weighted by molar-refractivity contribution is 0.103. The molecule has 0 aliphatic carbocycles. The molecule has 0 aromatic heterocycles. The summed E-state index contributed by atoms with van der Waals surface area (Å²) in [4.78, 5) is 12.1. The van der Waals surface area contributed by atoms with Gasteiger partial charge in [0.05, 0.1) is 5.75 Å². The van der Waals surface area contributed by atoms with Gasteiger partial charge in [0.1, 0.15) is 23.9 Å². The smallest absolute Gasteiger partial charge is 0.191 e. The summed E-state index contributed by atoms with van der Waals surface area (Å²) in [7, 11) is -3.91. The number of ketones is 1. The molecule has 2 aromatic carbocycles. The van der Waals surface area contributed by atoms with Gasteiger partial charge in [0.25, 0.3) is 0 Å². The lowest BCUT2D eigenvalue weighted by Gasteiger charge is -2.20. The van der Waals surface area contributed by atoms with Gasteiger partial charge in [-0.15, -0.1) is 0 Å². The van der Waals surface area contributed by atoms with Crippen molar-refractivity contribution in [1.29, 1.82) is 0 Å². The first-order valence-corrected chi connectivity index (χ1v) is 9.27. The Hall–Kier alpha value is -2.67. The first-order valence-electron chi connectivity index (χ1n) is 7.62. The SMILES string of the molecule is O=C1C(=Cc2ccc3c(c2)OCCO3)CS(=O)(=O)c2c(F)cccc21. The highest BCUT2D eigenvalue weighted by atomic mass is 32.2. The number of carbonyl (C=O) groups excluding carboxylic acids is 1. The average molecular weight is 360 g/mol. The molecule has 2 heterocycles. The molecule has 0 spiro atoms. The lowest BCUT2D eigenvalue weighted by Crippen LogP contribution is -2.25. The third-order valence-electron chi connectivity index (χ3n) is 4.07. The van der Waals surface area contributed by atoms with Gasteiger partial charge in [-0.25, -0.2) is 12.8 Å². The molecule has 0 saturated carbocycles. The van der Waals surface area contributed by atoms with E-state index in [9.17, 15) is 17.6 Å². The molecule has 128 valence electrons. The van der Waals surface area contributed by atoms with Crippen LogP contribution >= 0.6 is 0 Å². The number of ether oxygens (including phenoxy) is 2. The number of hydrogen-bond acceptors (Lipinski definition) is 5. The van der Waals surface area contributed by atoms with Crippen LogP contribution in [0, 0.1) is 5.82 Å². The molecular weight excluding hydrogens is 347 g/mol. The van der Waals surface area contributed by atoms with Crippen molar-refractivity contribution in [3.8, 4) is 11.5 Å². The van der Waals surface area contributed by atoms with Gasteiger partial charge in [-0.3, -0.25) is 4.79 Å². The number of rotatable bonds is 1. The molecule has 2 aromatic rings. The van der Waals surface area contributed by atoms with Gasteiger partial charge in [-0.1, -0.05) is 12.1 Å². The van der Waals surface area contributed by atoms with Crippen molar-refractivity contribution in [2.45, 2.75) is 4.90 Å². The summed E-state index contributed by atoms with van der Waals surface area (Å²) in [6.07, 6.45) is 1.49. The lowest BCUT2D eigenvalue weighted by atomic mass is 10.0. The summed E-state index contributed by atoms with van der Waals surface area (Å²) in [5, 5.41) is 0. The van der Waals surface area contributed by atoms with Gasteiger partial charge in [0.15, 0.2) is 27.1 Å². The molecule has 0 saturated heterocycles. The van der Waals surface area contributed by atoms with Crippen molar-refractivity contribution in [1.82, 2.24) is 0 Å². The van der Waals surface area contributed by atoms with E-state index in [2.05, 4.69) is 0 Å². The molecule has 0 bridgehead atoms. The molecule has 2 aliphatic rings. The number of halogens is 1. The Balaban J connectivity index is 1.79. The third kappa shape index (κ3) is 2.70. The fraction of sp³-hybridized carbons (Fsp3) is 0.167. The zero-order chi connectivity index (χ0) is 17.6. The summed E-state index contributed by atoms with van der Waals surface area (Å²) < 4.78 is 49.6. The van der Waals surface area contributed by atoms with E-state index in [1.165, 1.54) is 18.2 Å². The van der Waals surface area contributed by atoms with Gasteiger partial charge in [-0.05, 0) is 35.9 Å². The predicted octanol–water partition coefficient (Wildman–Crippen LogP) is 2.65. The van der Waals surface area contributed by atoms with Crippen LogP contribution in [0.2, 0.25) is 0 Å². The second-order valence-electron chi connectivity index (χ2n) is 5.78. The van der Waals surface area contributed by atoms with Crippen molar-refractivity contribution in [2.24, 2.45) is 0 Å². The van der Waals surface area contributed by atoms with Crippen LogP contribution in [0.5, 0.6) is 11.5 Å². The molecular formula is C18H13FO5S. The van der Waals surface area contributed by atoms with Crippen LogP contribution in [-0.2, 0) is 9.84 Å². The normalized spacial score (nSPS) is 19.6. The second-order valence-corrected chi connectivity index (χ2v) is 7.70. The Morgan fingerprint density at radius 2 is 1.80 bits per heavy atom. The highest BCUT2D eigenvalue weighted by molar-refractivity contribution is 7.91. The van der Waals surface area contributed by atoms with E-state index in [-0.39, 0.29) is 11.1 Å². The Morgan fingerprint density at radius 1 is 1.04 bits per heavy atom. The van der Waals surface area contributed by atoms with Gasteiger partial charge in [0.2, 0.25) is 0 Å². The van der Waals surface area contributed by atoms with Crippen LogP contribution in [0.3, 0.4) is 0 Å². The topological polar surface area (TPSA) is 69.7 Å². The molecule has 0 amide bonds. The minimum absolute atomic E-state index is 0.0924. The number of carbonyl (C=O) groups is 1. The zero-order valence-electron chi connectivity index (χ0n) is 13.0. The van der Waals surface area contributed by atoms with E-state index < -0.39 is 32.1 Å². The van der Waals surface area contributed by atoms with Crippen molar-refractivity contribution < 1.29 is 27.1 Å². The first-order chi connectivity index (χ1) is 12.0. The summed E-state index contributed by atoms with van der Waals surface area (Å²) in [5.74, 6) is -0.779. The highest BCUT2D eigenvalue weighted by Gasteiger charge is 2.35. The largest absolute Gasteiger partial charge is 0.486 e. The minimum Gasteiger partial charge on any atom is -0.486 e. The van der Waals surface area contributed by atoms with Crippen LogP contribution in [0.25, 0.3) is 6.08 Å². The summed E-state index contributed by atoms with van der Waals surface area (Å²) in [5.41, 5.74) is 0.576. The second kappa shape index (κ2) is 5.70. The maximum absolute atomic E-state index is 13.9. The van der Waals surface area contributed by atoms with E-state index >= 15 is 0 Å². The number of Topliss-reactive ketones (excluding diaryl/α,β-unsaturated/α-hetero) is 1. The molecule has 7 heteroatoms. The number of hydrogen-bond donors (Lipinski definition) is 0. The molecule has 0 N–H and O–H groups in total. The van der Waals surface area contributed by atoms with Crippen molar-refractivity contribution in [3.05, 3.63) is 58.9 Å². The molecule has 0 fully saturated rings. The molecule has 0 unspecified atom stereocenters. The van der Waals surface area contributed by atoms with E-state index in [1.807, 2.05) is 0 Å². The van der Waals surface area contributed by atoms with Crippen LogP contribution in [-0.4, -0.2) is 33.2 Å². The molecule has 2 aliphatic heterocycles. The van der Waals surface area contributed by atoms with Crippen molar-refractivity contribution in [2.75, 3.05) is 19.0 Å². The quantitative estimate of drug-likeness (QED) is 0.732. The maximum Gasteiger partial charge on any atom is 0.191 e. The Morgan fingerprint density at radius 3 is 2.60 bits per heavy atom. The van der Waals surface area contributed by atoms with Crippen molar-refractivity contribution in [3.63, 3.8) is 0 Å². The number of benzene rings is 2. The third-order valence-corrected chi connectivity index (χ3v) is 5.79. The van der Waals surface area contributed by atoms with Gasteiger partial charge < -0.3 is 9.47 Å². The summed E-state index contributed by atoms with van der Waals surface area (Å²) in [6.45, 7) is 0.888. The van der Waals surface area contributed by atoms with E-state index in [0.717, 1.165) is 6.07 Å². The van der Waals surface area contributed by atoms with Crippen LogP contribution in [0.4, 0.5) is 4.39 Å². The predicted molar refractivity (Wildman–Crippen MR) is 88.2 cm³/mol. The summed E-state index contributed by atoms with van der Waals surface area (Å²) in [6, 6.07) is 8.79. The van der Waals surface area contributed by atoms with Crippen LogP contribution in [0.15, 0.2) is 46.9 Å². The van der Waals surface area contributed by atoms with Crippen molar-refractivity contribution >= 4 is 21.7 Å². The minimum atomic E-state index is -3.91. The maximum atomic E-state index is 13.9. The monoisotopic (exact) mass is 360 g/mol. The summed E-state index contributed by atoms with van der Waals surface area (Å²) >= 11 is 0. The average Bonchev–Trinajstić information content (AvgIpc) is 2.59. The Bertz CT molecular complexity index is 1020. The first kappa shape index (κ1) is 15.8. The Kier molecular flexibility index (Phi) is 3.61. The zero-order valence-corrected chi connectivity index (χ0v) is 13.8. The number of sulfone groups is 1. The van der Waals surface area contributed by atoms with Gasteiger partial charge in [0, 0.05) is 11.1 Å². The molecule has 4 rings (SSSR count). The van der Waals surface area contributed by atoms with E-state index in [1.54, 1.807) is 18.2 Å². The fourth-order valence-electron chi connectivity index (χ4n) is 2.98. The van der Waals surface area contributed by atoms with Crippen LogP contribution in [0.1, 0.15) is 15.9 Å². The van der Waals surface area contributed by atoms with Crippen LogP contribution < -0.4 is 9.47 Å². The molecule has 5 nitrogen and oxygen atoms in total. The van der Waals surface area contributed by atoms with Gasteiger partial charge >= 0.3 is 0 Å². The highest BCUT2D eigenvalue weighted by Crippen LogP contribution is 2.34. The standard InChI is InChI=1S/C18H13FO5S/c19-14-3-1-2-13-17(20)12(10-25(21,22)18(13)14)8-11-4-5-15-16(9-11)24-7-6-23-15/h1-5,8-9H,6-7,10H2. The molecule has 25 heavy (non-hydrogen) atoms. The van der Waals surface area contributed by atoms with Gasteiger partial charge in [-0.2, -0.15) is 0 Å². The van der Waals surface area contributed by atoms with E-state index in [4.69, 9.17) is 9.47 Å². The Labute approximate surface area is 143 Å². The fourth-order valence-corrected chi connectivity index (χ4v) is 4.61. The van der Waals surface area contributed by atoms with E-state index in [0.29, 0.717) is 30.3 Å². The number of fused-ring (bicyclic) bond motifs is 2.